The molecule has 1 amide bonds. The Kier molecular flexibility index (Phi) is 7.70. The maximum Gasteiger partial charge on any atom is 0.241 e. The molecular weight excluding hydrogens is 330 g/mol. The second-order valence-corrected chi connectivity index (χ2v) is 7.26. The highest BCUT2D eigenvalue weighted by Gasteiger charge is 2.21. The predicted molar refractivity (Wildman–Crippen MR) is 101 cm³/mol. The number of halogens is 1. The first-order valence-corrected chi connectivity index (χ1v) is 9.40. The molecule has 2 aliphatic heterocycles. The molecule has 0 aromatic heterocycles. The molecule has 0 saturated carbocycles. The normalized spacial score (nSPS) is 21.7. The van der Waals surface area contributed by atoms with Gasteiger partial charge in [0, 0.05) is 36.8 Å². The first-order chi connectivity index (χ1) is 10.8. The fraction of sp³-hybridized carbons (Fsp3) is 0.588. The molecule has 0 radical (unpaired) electrons. The van der Waals surface area contributed by atoms with Crippen LogP contribution >= 0.6 is 24.2 Å². The van der Waals surface area contributed by atoms with Gasteiger partial charge in [-0.25, -0.2) is 0 Å². The van der Waals surface area contributed by atoms with Gasteiger partial charge in [0.25, 0.3) is 0 Å². The molecule has 2 aliphatic rings. The summed E-state index contributed by atoms with van der Waals surface area (Å²) in [6.07, 6.45) is 3.12. The highest BCUT2D eigenvalue weighted by atomic mass is 35.5. The van der Waals surface area contributed by atoms with Crippen LogP contribution < -0.4 is 10.6 Å². The topological polar surface area (TPSA) is 44.4 Å². The molecule has 0 aliphatic carbocycles. The van der Waals surface area contributed by atoms with E-state index in [9.17, 15) is 4.79 Å². The maximum absolute atomic E-state index is 12.0. The van der Waals surface area contributed by atoms with Crippen LogP contribution in [-0.4, -0.2) is 54.5 Å². The van der Waals surface area contributed by atoms with Crippen molar-refractivity contribution < 1.29 is 4.79 Å². The number of rotatable bonds is 5. The predicted octanol–water partition coefficient (Wildman–Crippen LogP) is 2.39. The van der Waals surface area contributed by atoms with Crippen LogP contribution in [0, 0.1) is 0 Å². The average molecular weight is 356 g/mol. The largest absolute Gasteiger partial charge is 0.325 e. The van der Waals surface area contributed by atoms with Crippen LogP contribution in [0.15, 0.2) is 24.3 Å². The fourth-order valence-electron chi connectivity index (χ4n) is 3.00. The molecular formula is C17H26ClN3OS. The summed E-state index contributed by atoms with van der Waals surface area (Å²) < 4.78 is 0. The van der Waals surface area contributed by atoms with Crippen molar-refractivity contribution in [3.05, 3.63) is 29.8 Å². The zero-order valence-electron chi connectivity index (χ0n) is 13.4. The number of hydrogen-bond donors (Lipinski definition) is 2. The lowest BCUT2D eigenvalue weighted by atomic mass is 10.1. The van der Waals surface area contributed by atoms with Gasteiger partial charge in [-0.3, -0.25) is 4.79 Å². The van der Waals surface area contributed by atoms with Crippen LogP contribution in [-0.2, 0) is 11.2 Å². The molecule has 1 aromatic carbocycles. The third-order valence-electron chi connectivity index (χ3n) is 4.42. The summed E-state index contributed by atoms with van der Waals surface area (Å²) >= 11 is 2.05. The lowest BCUT2D eigenvalue weighted by Crippen LogP contribution is -2.35. The van der Waals surface area contributed by atoms with Crippen LogP contribution in [0.25, 0.3) is 0 Å². The SMILES string of the molecule is Cl.O=C(Nc1ccc(CCN2CCSCC2)cc1)C1CCCN1. The van der Waals surface area contributed by atoms with E-state index in [1.165, 1.54) is 30.2 Å². The number of benzene rings is 1. The molecule has 0 bridgehead atoms. The van der Waals surface area contributed by atoms with E-state index < -0.39 is 0 Å². The Morgan fingerprint density at radius 1 is 1.26 bits per heavy atom. The standard InChI is InChI=1S/C17H25N3OS.ClH/c21-17(16-2-1-8-18-16)19-15-5-3-14(4-6-15)7-9-20-10-12-22-13-11-20;/h3-6,16,18H,1-2,7-13H2,(H,19,21);1H. The molecule has 2 fully saturated rings. The van der Waals surface area contributed by atoms with Crippen molar-refractivity contribution in [2.24, 2.45) is 0 Å². The van der Waals surface area contributed by atoms with E-state index in [-0.39, 0.29) is 24.4 Å². The first-order valence-electron chi connectivity index (χ1n) is 8.24. The van der Waals surface area contributed by atoms with Crippen molar-refractivity contribution in [1.82, 2.24) is 10.2 Å². The molecule has 6 heteroatoms. The molecule has 4 nitrogen and oxygen atoms in total. The van der Waals surface area contributed by atoms with E-state index >= 15 is 0 Å². The second-order valence-electron chi connectivity index (χ2n) is 6.04. The van der Waals surface area contributed by atoms with Crippen molar-refractivity contribution in [2.75, 3.05) is 43.0 Å². The highest BCUT2D eigenvalue weighted by Crippen LogP contribution is 2.14. The maximum atomic E-state index is 12.0. The van der Waals surface area contributed by atoms with Gasteiger partial charge in [-0.15, -0.1) is 12.4 Å². The summed E-state index contributed by atoms with van der Waals surface area (Å²) in [4.78, 5) is 14.6. The molecule has 3 rings (SSSR count). The molecule has 1 atom stereocenters. The lowest BCUT2D eigenvalue weighted by molar-refractivity contribution is -0.117. The van der Waals surface area contributed by atoms with Crippen molar-refractivity contribution in [3.63, 3.8) is 0 Å². The smallest absolute Gasteiger partial charge is 0.241 e. The summed E-state index contributed by atoms with van der Waals surface area (Å²) in [5.74, 6) is 2.62. The number of carbonyl (C=O) groups excluding carboxylic acids is 1. The van der Waals surface area contributed by atoms with E-state index in [0.29, 0.717) is 0 Å². The fourth-order valence-corrected chi connectivity index (χ4v) is 3.98. The third-order valence-corrected chi connectivity index (χ3v) is 5.36. The Labute approximate surface area is 149 Å². The minimum absolute atomic E-state index is 0. The van der Waals surface area contributed by atoms with Crippen LogP contribution in [0.4, 0.5) is 5.69 Å². The van der Waals surface area contributed by atoms with Gasteiger partial charge in [-0.1, -0.05) is 12.1 Å². The van der Waals surface area contributed by atoms with Gasteiger partial charge in [0.15, 0.2) is 0 Å². The van der Waals surface area contributed by atoms with Crippen LogP contribution in [0.5, 0.6) is 0 Å². The number of anilines is 1. The number of amides is 1. The quantitative estimate of drug-likeness (QED) is 0.851. The zero-order valence-corrected chi connectivity index (χ0v) is 15.1. The molecule has 1 aromatic rings. The van der Waals surface area contributed by atoms with Gasteiger partial charge in [0.05, 0.1) is 6.04 Å². The number of carbonyl (C=O) groups is 1. The Balaban J connectivity index is 0.00000192. The molecule has 2 heterocycles. The van der Waals surface area contributed by atoms with Gasteiger partial charge in [0.1, 0.15) is 0 Å². The number of thioether (sulfide) groups is 1. The summed E-state index contributed by atoms with van der Waals surface area (Å²) in [6.45, 7) is 4.52. The Morgan fingerprint density at radius 3 is 2.65 bits per heavy atom. The van der Waals surface area contributed by atoms with E-state index in [2.05, 4.69) is 39.4 Å². The Bertz CT molecular complexity index is 485. The third kappa shape index (κ3) is 5.68. The summed E-state index contributed by atoms with van der Waals surface area (Å²) in [7, 11) is 0. The van der Waals surface area contributed by atoms with Gasteiger partial charge < -0.3 is 15.5 Å². The molecule has 2 N–H and O–H groups in total. The minimum atomic E-state index is -0.0170. The molecule has 128 valence electrons. The van der Waals surface area contributed by atoms with Crippen molar-refractivity contribution >= 4 is 35.8 Å². The van der Waals surface area contributed by atoms with E-state index in [0.717, 1.165) is 38.0 Å². The summed E-state index contributed by atoms with van der Waals surface area (Å²) in [5, 5.41) is 6.23. The van der Waals surface area contributed by atoms with Gasteiger partial charge in [-0.05, 0) is 43.5 Å². The molecule has 2 saturated heterocycles. The number of nitrogens with zero attached hydrogens (tertiary/aromatic N) is 1. The Morgan fingerprint density at radius 2 is 2.00 bits per heavy atom. The molecule has 23 heavy (non-hydrogen) atoms. The van der Waals surface area contributed by atoms with Gasteiger partial charge >= 0.3 is 0 Å². The number of hydrogen-bond acceptors (Lipinski definition) is 4. The Hall–Kier alpha value is -0.750. The molecule has 1 unspecified atom stereocenters. The number of nitrogens with one attached hydrogen (secondary N) is 2. The first kappa shape index (κ1) is 18.6. The van der Waals surface area contributed by atoms with Crippen molar-refractivity contribution in [2.45, 2.75) is 25.3 Å². The lowest BCUT2D eigenvalue weighted by Gasteiger charge is -2.26. The van der Waals surface area contributed by atoms with Gasteiger partial charge in [0.2, 0.25) is 5.91 Å². The minimum Gasteiger partial charge on any atom is -0.325 e. The van der Waals surface area contributed by atoms with Crippen LogP contribution in [0.3, 0.4) is 0 Å². The van der Waals surface area contributed by atoms with Gasteiger partial charge in [-0.2, -0.15) is 11.8 Å². The van der Waals surface area contributed by atoms with Crippen LogP contribution in [0.2, 0.25) is 0 Å². The monoisotopic (exact) mass is 355 g/mol. The highest BCUT2D eigenvalue weighted by molar-refractivity contribution is 7.99. The second kappa shape index (κ2) is 9.52. The van der Waals surface area contributed by atoms with Crippen LogP contribution in [0.1, 0.15) is 18.4 Å². The molecule has 0 spiro atoms. The van der Waals surface area contributed by atoms with Crippen molar-refractivity contribution in [3.8, 4) is 0 Å². The van der Waals surface area contributed by atoms with Crippen molar-refractivity contribution in [1.29, 1.82) is 0 Å². The summed E-state index contributed by atoms with van der Waals surface area (Å²) in [5.41, 5.74) is 2.24. The summed E-state index contributed by atoms with van der Waals surface area (Å²) in [6, 6.07) is 8.30. The van der Waals surface area contributed by atoms with E-state index in [1.807, 2.05) is 12.1 Å². The zero-order chi connectivity index (χ0) is 15.2. The van der Waals surface area contributed by atoms with E-state index in [1.54, 1.807) is 0 Å². The average Bonchev–Trinajstić information content (AvgIpc) is 3.10. The van der Waals surface area contributed by atoms with E-state index in [4.69, 9.17) is 0 Å².